The molecule has 0 heterocycles. The molecule has 2 N–H and O–H groups in total. The van der Waals surface area contributed by atoms with Gasteiger partial charge in [0, 0.05) is 13.6 Å². The van der Waals surface area contributed by atoms with Crippen LogP contribution in [0.15, 0.2) is 23.1 Å². The van der Waals surface area contributed by atoms with Crippen LogP contribution in [0.1, 0.15) is 24.2 Å². The van der Waals surface area contributed by atoms with Gasteiger partial charge >= 0.3 is 0 Å². The molecule has 0 fully saturated rings. The second-order valence-corrected chi connectivity index (χ2v) is 6.29. The first-order valence-electron chi connectivity index (χ1n) is 5.70. The maximum absolute atomic E-state index is 13.2. The Morgan fingerprint density at radius 2 is 2.00 bits per heavy atom. The number of rotatable bonds is 4. The quantitative estimate of drug-likeness (QED) is 0.904. The van der Waals surface area contributed by atoms with Gasteiger partial charge < -0.3 is 4.90 Å². The van der Waals surface area contributed by atoms with Gasteiger partial charge in [-0.3, -0.25) is 4.79 Å². The lowest BCUT2D eigenvalue weighted by atomic mass is 10.1. The van der Waals surface area contributed by atoms with Crippen molar-refractivity contribution in [2.24, 2.45) is 11.1 Å². The summed E-state index contributed by atoms with van der Waals surface area (Å²) in [5.74, 6) is -1.05. The zero-order chi connectivity index (χ0) is 14.8. The smallest absolute Gasteiger partial charge is 0.255 e. The molecule has 1 rings (SSSR count). The van der Waals surface area contributed by atoms with Gasteiger partial charge in [0.25, 0.3) is 5.91 Å². The molecule has 0 aromatic heterocycles. The summed E-state index contributed by atoms with van der Waals surface area (Å²) < 4.78 is 36.0. The average Bonchev–Trinajstić information content (AvgIpc) is 2.25. The molecular formula is C12H17FN2O3S. The van der Waals surface area contributed by atoms with Crippen LogP contribution < -0.4 is 5.14 Å². The highest BCUT2D eigenvalue weighted by molar-refractivity contribution is 7.89. The summed E-state index contributed by atoms with van der Waals surface area (Å²) in [5.41, 5.74) is -0.245. The lowest BCUT2D eigenvalue weighted by molar-refractivity contribution is 0.0775. The van der Waals surface area contributed by atoms with E-state index >= 15 is 0 Å². The van der Waals surface area contributed by atoms with Crippen LogP contribution in [0.4, 0.5) is 4.39 Å². The van der Waals surface area contributed by atoms with Gasteiger partial charge in [-0.15, -0.1) is 0 Å². The molecule has 0 saturated heterocycles. The molecule has 0 aliphatic heterocycles. The van der Waals surface area contributed by atoms with E-state index in [2.05, 4.69) is 0 Å². The van der Waals surface area contributed by atoms with Crippen molar-refractivity contribution in [2.75, 3.05) is 13.6 Å². The molecule has 0 aliphatic rings. The van der Waals surface area contributed by atoms with Crippen molar-refractivity contribution in [3.05, 3.63) is 29.6 Å². The van der Waals surface area contributed by atoms with E-state index in [1.54, 1.807) is 0 Å². The topological polar surface area (TPSA) is 80.5 Å². The number of carbonyl (C=O) groups excluding carboxylic acids is 1. The van der Waals surface area contributed by atoms with E-state index in [-0.39, 0.29) is 16.4 Å². The highest BCUT2D eigenvalue weighted by atomic mass is 32.2. The van der Waals surface area contributed by atoms with Crippen LogP contribution in [0.3, 0.4) is 0 Å². The minimum atomic E-state index is -4.07. The summed E-state index contributed by atoms with van der Waals surface area (Å²) in [7, 11) is -2.54. The summed E-state index contributed by atoms with van der Waals surface area (Å²) >= 11 is 0. The number of nitrogens with two attached hydrogens (primary N) is 1. The Morgan fingerprint density at radius 3 is 2.47 bits per heavy atom. The van der Waals surface area contributed by atoms with Crippen molar-refractivity contribution in [1.29, 1.82) is 0 Å². The van der Waals surface area contributed by atoms with Crippen molar-refractivity contribution in [2.45, 2.75) is 18.7 Å². The van der Waals surface area contributed by atoms with Crippen LogP contribution in [0.5, 0.6) is 0 Å². The molecular weight excluding hydrogens is 271 g/mol. The summed E-state index contributed by atoms with van der Waals surface area (Å²) in [4.78, 5) is 13.1. The minimum Gasteiger partial charge on any atom is -0.341 e. The van der Waals surface area contributed by atoms with Crippen molar-refractivity contribution in [3.63, 3.8) is 0 Å². The van der Waals surface area contributed by atoms with E-state index < -0.39 is 21.7 Å². The van der Waals surface area contributed by atoms with Gasteiger partial charge in [0.2, 0.25) is 10.0 Å². The number of primary sulfonamides is 1. The number of carbonyl (C=O) groups is 1. The molecule has 106 valence electrons. The fourth-order valence-electron chi connectivity index (χ4n) is 1.75. The van der Waals surface area contributed by atoms with Crippen molar-refractivity contribution < 1.29 is 17.6 Å². The zero-order valence-electron chi connectivity index (χ0n) is 11.1. The van der Waals surface area contributed by atoms with Crippen molar-refractivity contribution >= 4 is 15.9 Å². The highest BCUT2D eigenvalue weighted by Gasteiger charge is 2.22. The Bertz CT molecular complexity index is 585. The zero-order valence-corrected chi connectivity index (χ0v) is 11.9. The predicted molar refractivity (Wildman–Crippen MR) is 69.6 cm³/mol. The summed E-state index contributed by atoms with van der Waals surface area (Å²) in [6.45, 7) is 4.26. The molecule has 0 saturated carbocycles. The molecule has 5 nitrogen and oxygen atoms in total. The molecule has 1 aromatic carbocycles. The second kappa shape index (κ2) is 5.66. The standard InChI is InChI=1S/C12H17FN2O3S/c1-8(2)7-15(3)12(16)10-6-9(13)4-5-11(10)19(14,17)18/h4-6,8H,7H2,1-3H3,(H2,14,17,18). The SMILES string of the molecule is CC(C)CN(C)C(=O)c1cc(F)ccc1S(N)(=O)=O. The molecule has 1 amide bonds. The average molecular weight is 288 g/mol. The fraction of sp³-hybridized carbons (Fsp3) is 0.417. The van der Waals surface area contributed by atoms with Gasteiger partial charge in [-0.2, -0.15) is 0 Å². The van der Waals surface area contributed by atoms with E-state index in [1.807, 2.05) is 13.8 Å². The number of halogens is 1. The van der Waals surface area contributed by atoms with Gasteiger partial charge in [0.15, 0.2) is 0 Å². The maximum Gasteiger partial charge on any atom is 0.255 e. The molecule has 0 bridgehead atoms. The Kier molecular flexibility index (Phi) is 4.65. The molecule has 0 atom stereocenters. The number of benzene rings is 1. The summed E-state index contributed by atoms with van der Waals surface area (Å²) in [6.07, 6.45) is 0. The first-order chi connectivity index (χ1) is 8.62. The minimum absolute atomic E-state index is 0.209. The van der Waals surface area contributed by atoms with Crippen LogP contribution in [0, 0.1) is 11.7 Å². The Morgan fingerprint density at radius 1 is 1.42 bits per heavy atom. The molecule has 0 unspecified atom stereocenters. The van der Waals surface area contributed by atoms with Crippen LogP contribution in [0.2, 0.25) is 0 Å². The number of nitrogens with zero attached hydrogens (tertiary/aromatic N) is 1. The summed E-state index contributed by atoms with van der Waals surface area (Å²) in [6, 6.07) is 2.85. The van der Waals surface area contributed by atoms with Gasteiger partial charge in [0.05, 0.1) is 10.5 Å². The molecule has 0 aliphatic carbocycles. The second-order valence-electron chi connectivity index (χ2n) is 4.77. The van der Waals surface area contributed by atoms with Crippen molar-refractivity contribution in [3.8, 4) is 0 Å². The highest BCUT2D eigenvalue weighted by Crippen LogP contribution is 2.18. The van der Waals surface area contributed by atoms with Gasteiger partial charge in [0.1, 0.15) is 5.82 Å². The lowest BCUT2D eigenvalue weighted by Crippen LogP contribution is -2.32. The van der Waals surface area contributed by atoms with Crippen molar-refractivity contribution in [1.82, 2.24) is 4.90 Å². The fourth-order valence-corrected chi connectivity index (χ4v) is 2.46. The number of sulfonamides is 1. The third-order valence-electron chi connectivity index (χ3n) is 2.46. The van der Waals surface area contributed by atoms with E-state index in [9.17, 15) is 17.6 Å². The predicted octanol–water partition coefficient (Wildman–Crippen LogP) is 1.20. The normalized spacial score (nSPS) is 11.7. The Hall–Kier alpha value is -1.47. The first kappa shape index (κ1) is 15.6. The largest absolute Gasteiger partial charge is 0.341 e. The van der Waals surface area contributed by atoms with Gasteiger partial charge in [-0.05, 0) is 24.1 Å². The molecule has 0 spiro atoms. The summed E-state index contributed by atoms with van der Waals surface area (Å²) in [5, 5.41) is 5.03. The van der Waals surface area contributed by atoms with E-state index in [0.717, 1.165) is 18.2 Å². The van der Waals surface area contributed by atoms with Gasteiger partial charge in [-0.1, -0.05) is 13.8 Å². The van der Waals surface area contributed by atoms with Crippen LogP contribution in [-0.2, 0) is 10.0 Å². The molecule has 0 radical (unpaired) electrons. The number of hydrogen-bond acceptors (Lipinski definition) is 3. The third kappa shape index (κ3) is 4.00. The van der Waals surface area contributed by atoms with Crippen LogP contribution in [0.25, 0.3) is 0 Å². The molecule has 7 heteroatoms. The lowest BCUT2D eigenvalue weighted by Gasteiger charge is -2.20. The Balaban J connectivity index is 3.26. The van der Waals surface area contributed by atoms with Crippen LogP contribution in [-0.4, -0.2) is 32.8 Å². The van der Waals surface area contributed by atoms with E-state index in [1.165, 1.54) is 11.9 Å². The Labute approximate surface area is 112 Å². The van der Waals surface area contributed by atoms with Gasteiger partial charge in [-0.25, -0.2) is 17.9 Å². The molecule has 19 heavy (non-hydrogen) atoms. The maximum atomic E-state index is 13.2. The van der Waals surface area contributed by atoms with E-state index in [4.69, 9.17) is 5.14 Å². The molecule has 1 aromatic rings. The first-order valence-corrected chi connectivity index (χ1v) is 7.25. The monoisotopic (exact) mass is 288 g/mol. The number of hydrogen-bond donors (Lipinski definition) is 1. The van der Waals surface area contributed by atoms with E-state index in [0.29, 0.717) is 6.54 Å². The number of amides is 1. The third-order valence-corrected chi connectivity index (χ3v) is 3.43. The van der Waals surface area contributed by atoms with Crippen LogP contribution >= 0.6 is 0 Å².